The van der Waals surface area contributed by atoms with Gasteiger partial charge in [-0.1, -0.05) is 34.1 Å². The van der Waals surface area contributed by atoms with Crippen LogP contribution in [0.1, 0.15) is 12.5 Å². The van der Waals surface area contributed by atoms with Crippen LogP contribution in [0.25, 0.3) is 0 Å². The second-order valence-electron chi connectivity index (χ2n) is 4.54. The van der Waals surface area contributed by atoms with E-state index in [1.807, 2.05) is 53.5 Å². The summed E-state index contributed by atoms with van der Waals surface area (Å²) >= 11 is 3.53. The molecule has 1 N–H and O–H groups in total. The topological polar surface area (TPSA) is 41.6 Å². The highest BCUT2D eigenvalue weighted by Crippen LogP contribution is 2.22. The summed E-state index contributed by atoms with van der Waals surface area (Å²) in [5.74, 6) is 0.667. The van der Waals surface area contributed by atoms with Crippen molar-refractivity contribution in [3.05, 3.63) is 58.6 Å². The van der Waals surface area contributed by atoms with Crippen LogP contribution in [0.5, 0.6) is 5.75 Å². The summed E-state index contributed by atoms with van der Waals surface area (Å²) in [6.07, 6.45) is 0. The number of hydrazine groups is 1. The number of methoxy groups -OCH3 is 1. The van der Waals surface area contributed by atoms with Gasteiger partial charge in [-0.25, -0.2) is 0 Å². The number of ether oxygens (including phenoxy) is 1. The van der Waals surface area contributed by atoms with Crippen LogP contribution >= 0.6 is 15.9 Å². The van der Waals surface area contributed by atoms with Crippen LogP contribution in [0.15, 0.2) is 53.0 Å². The molecule has 0 bridgehead atoms. The van der Waals surface area contributed by atoms with E-state index in [4.69, 9.17) is 4.74 Å². The van der Waals surface area contributed by atoms with Gasteiger partial charge in [0.1, 0.15) is 5.75 Å². The summed E-state index contributed by atoms with van der Waals surface area (Å²) in [5.41, 5.74) is 4.82. The maximum absolute atomic E-state index is 11.4. The van der Waals surface area contributed by atoms with E-state index in [0.29, 0.717) is 6.54 Å². The van der Waals surface area contributed by atoms with Crippen molar-refractivity contribution in [1.82, 2.24) is 5.43 Å². The minimum atomic E-state index is -0.113. The number of hydrogen-bond acceptors (Lipinski definition) is 3. The lowest BCUT2D eigenvalue weighted by molar-refractivity contribution is -0.119. The first-order chi connectivity index (χ1) is 10.1. The number of hydrogen-bond donors (Lipinski definition) is 1. The fourth-order valence-electron chi connectivity index (χ4n) is 1.94. The first-order valence-corrected chi connectivity index (χ1v) is 7.31. The molecule has 0 saturated heterocycles. The van der Waals surface area contributed by atoms with Gasteiger partial charge in [-0.2, -0.15) is 0 Å². The molecule has 0 saturated carbocycles. The van der Waals surface area contributed by atoms with Crippen molar-refractivity contribution < 1.29 is 9.53 Å². The fourth-order valence-corrected chi connectivity index (χ4v) is 2.35. The van der Waals surface area contributed by atoms with Crippen molar-refractivity contribution in [2.75, 3.05) is 12.1 Å². The molecule has 5 heteroatoms. The Kier molecular flexibility index (Phi) is 5.22. The fraction of sp³-hybridized carbons (Fsp3) is 0.188. The van der Waals surface area contributed by atoms with Gasteiger partial charge in [0, 0.05) is 11.4 Å². The third kappa shape index (κ3) is 4.23. The molecule has 2 aromatic carbocycles. The summed E-state index contributed by atoms with van der Waals surface area (Å²) in [6.45, 7) is 2.06. The van der Waals surface area contributed by atoms with Gasteiger partial charge in [0.25, 0.3) is 0 Å². The Hall–Kier alpha value is -2.01. The van der Waals surface area contributed by atoms with Crippen LogP contribution in [0.2, 0.25) is 0 Å². The van der Waals surface area contributed by atoms with Crippen LogP contribution < -0.4 is 15.2 Å². The molecule has 2 rings (SSSR count). The Morgan fingerprint density at radius 1 is 1.19 bits per heavy atom. The third-order valence-electron chi connectivity index (χ3n) is 2.96. The molecule has 0 atom stereocenters. The molecule has 1 amide bonds. The highest BCUT2D eigenvalue weighted by atomic mass is 79.9. The molecular formula is C16H17BrN2O2. The molecule has 4 nitrogen and oxygen atoms in total. The third-order valence-corrected chi connectivity index (χ3v) is 3.74. The van der Waals surface area contributed by atoms with E-state index < -0.39 is 0 Å². The minimum Gasteiger partial charge on any atom is -0.497 e. The number of anilines is 1. The van der Waals surface area contributed by atoms with Gasteiger partial charge in [0.15, 0.2) is 0 Å². The highest BCUT2D eigenvalue weighted by molar-refractivity contribution is 9.10. The SMILES string of the molecule is COc1ccc(N(Cc2ccccc2Br)NC(C)=O)cc1. The molecule has 0 aliphatic rings. The van der Waals surface area contributed by atoms with Gasteiger partial charge in [0.05, 0.1) is 19.3 Å². The highest BCUT2D eigenvalue weighted by Gasteiger charge is 2.10. The van der Waals surface area contributed by atoms with E-state index in [0.717, 1.165) is 21.5 Å². The largest absolute Gasteiger partial charge is 0.497 e. The van der Waals surface area contributed by atoms with E-state index >= 15 is 0 Å². The number of carbonyl (C=O) groups is 1. The van der Waals surface area contributed by atoms with Crippen molar-refractivity contribution >= 4 is 27.5 Å². The Morgan fingerprint density at radius 2 is 1.86 bits per heavy atom. The number of amides is 1. The number of rotatable bonds is 5. The molecule has 0 aromatic heterocycles. The Balaban J connectivity index is 2.25. The van der Waals surface area contributed by atoms with Gasteiger partial charge in [-0.05, 0) is 35.9 Å². The van der Waals surface area contributed by atoms with Crippen molar-refractivity contribution in [2.45, 2.75) is 13.5 Å². The summed E-state index contributed by atoms with van der Waals surface area (Å²) in [7, 11) is 1.63. The van der Waals surface area contributed by atoms with Crippen molar-refractivity contribution in [3.63, 3.8) is 0 Å². The smallest absolute Gasteiger partial charge is 0.235 e. The molecule has 0 aliphatic carbocycles. The number of halogens is 1. The summed E-state index contributed by atoms with van der Waals surface area (Å²) < 4.78 is 6.16. The Bertz CT molecular complexity index is 614. The first-order valence-electron chi connectivity index (χ1n) is 6.52. The lowest BCUT2D eigenvalue weighted by atomic mass is 10.2. The summed E-state index contributed by atoms with van der Waals surface area (Å²) in [5, 5.41) is 1.81. The molecule has 110 valence electrons. The second kappa shape index (κ2) is 7.13. The van der Waals surface area contributed by atoms with E-state index in [1.54, 1.807) is 7.11 Å². The van der Waals surface area contributed by atoms with Crippen molar-refractivity contribution in [2.24, 2.45) is 0 Å². The molecule has 21 heavy (non-hydrogen) atoms. The Morgan fingerprint density at radius 3 is 2.43 bits per heavy atom. The van der Waals surface area contributed by atoms with Crippen LogP contribution in [-0.2, 0) is 11.3 Å². The molecule has 0 heterocycles. The van der Waals surface area contributed by atoms with E-state index in [2.05, 4.69) is 21.4 Å². The van der Waals surface area contributed by atoms with Crippen LogP contribution in [0, 0.1) is 0 Å². The number of carbonyl (C=O) groups excluding carboxylic acids is 1. The summed E-state index contributed by atoms with van der Waals surface area (Å²) in [4.78, 5) is 11.4. The summed E-state index contributed by atoms with van der Waals surface area (Å²) in [6, 6.07) is 15.5. The zero-order valence-electron chi connectivity index (χ0n) is 12.0. The van der Waals surface area contributed by atoms with E-state index in [-0.39, 0.29) is 5.91 Å². The molecule has 0 fully saturated rings. The quantitative estimate of drug-likeness (QED) is 0.840. The molecule has 0 radical (unpaired) electrons. The van der Waals surface area contributed by atoms with Gasteiger partial charge in [-0.15, -0.1) is 0 Å². The number of nitrogens with one attached hydrogen (secondary N) is 1. The van der Waals surface area contributed by atoms with Gasteiger partial charge < -0.3 is 4.74 Å². The van der Waals surface area contributed by atoms with Gasteiger partial charge >= 0.3 is 0 Å². The average molecular weight is 349 g/mol. The average Bonchev–Trinajstić information content (AvgIpc) is 2.48. The first kappa shape index (κ1) is 15.4. The number of benzene rings is 2. The predicted molar refractivity (Wildman–Crippen MR) is 87.1 cm³/mol. The second-order valence-corrected chi connectivity index (χ2v) is 5.40. The van der Waals surface area contributed by atoms with Crippen molar-refractivity contribution in [3.8, 4) is 5.75 Å². The standard InChI is InChI=1S/C16H17BrN2O2/c1-12(20)18-19(11-13-5-3-4-6-16(13)17)14-7-9-15(21-2)10-8-14/h3-10H,11H2,1-2H3,(H,18,20). The minimum absolute atomic E-state index is 0.113. The van der Waals surface area contributed by atoms with Crippen LogP contribution in [-0.4, -0.2) is 13.0 Å². The van der Waals surface area contributed by atoms with E-state index in [9.17, 15) is 4.79 Å². The molecule has 2 aromatic rings. The lowest BCUT2D eigenvalue weighted by Gasteiger charge is -2.25. The van der Waals surface area contributed by atoms with Gasteiger partial charge in [0.2, 0.25) is 5.91 Å². The van der Waals surface area contributed by atoms with Crippen LogP contribution in [0.4, 0.5) is 5.69 Å². The van der Waals surface area contributed by atoms with Gasteiger partial charge in [-0.3, -0.25) is 15.2 Å². The molecule has 0 aliphatic heterocycles. The number of nitrogens with zero attached hydrogens (tertiary/aromatic N) is 1. The molecular weight excluding hydrogens is 332 g/mol. The lowest BCUT2D eigenvalue weighted by Crippen LogP contribution is -2.40. The molecule has 0 unspecified atom stereocenters. The maximum atomic E-state index is 11.4. The molecule has 0 spiro atoms. The Labute approximate surface area is 132 Å². The van der Waals surface area contributed by atoms with Crippen molar-refractivity contribution in [1.29, 1.82) is 0 Å². The van der Waals surface area contributed by atoms with Crippen LogP contribution in [0.3, 0.4) is 0 Å². The normalized spacial score (nSPS) is 10.0. The maximum Gasteiger partial charge on any atom is 0.235 e. The zero-order valence-corrected chi connectivity index (χ0v) is 13.6. The monoisotopic (exact) mass is 348 g/mol. The zero-order chi connectivity index (χ0) is 15.2. The van der Waals surface area contributed by atoms with E-state index in [1.165, 1.54) is 6.92 Å². The predicted octanol–water partition coefficient (Wildman–Crippen LogP) is 3.52.